The summed E-state index contributed by atoms with van der Waals surface area (Å²) in [7, 11) is 0. The van der Waals surface area contributed by atoms with Gasteiger partial charge in [0.2, 0.25) is 0 Å². The first-order valence-corrected chi connectivity index (χ1v) is 9.01. The van der Waals surface area contributed by atoms with E-state index in [9.17, 15) is 0 Å². The van der Waals surface area contributed by atoms with Gasteiger partial charge in [0.1, 0.15) is 0 Å². The summed E-state index contributed by atoms with van der Waals surface area (Å²) in [6, 6.07) is 2.71. The normalized spacial score (nSPS) is 18.6. The molecule has 1 unspecified atom stereocenters. The van der Waals surface area contributed by atoms with E-state index in [4.69, 9.17) is 0 Å². The number of nitrogens with zero attached hydrogens (tertiary/aromatic N) is 2. The summed E-state index contributed by atoms with van der Waals surface area (Å²) in [5.74, 6) is 0.888. The minimum atomic E-state index is 0.484. The highest BCUT2D eigenvalue weighted by Crippen LogP contribution is 2.37. The number of hydrogen-bond donors (Lipinski definition) is 0. The van der Waals surface area contributed by atoms with E-state index in [0.29, 0.717) is 6.04 Å². The molecule has 4 heteroatoms. The van der Waals surface area contributed by atoms with Gasteiger partial charge in [-0.2, -0.15) is 0 Å². The lowest BCUT2D eigenvalue weighted by atomic mass is 9.84. The summed E-state index contributed by atoms with van der Waals surface area (Å²) >= 11 is 4.35. The second-order valence-electron chi connectivity index (χ2n) is 5.40. The summed E-state index contributed by atoms with van der Waals surface area (Å²) in [5.41, 5.74) is 0. The minimum absolute atomic E-state index is 0.484. The second-order valence-corrected chi connectivity index (χ2v) is 7.51. The molecule has 1 aliphatic carbocycles. The number of rotatable bonds is 4. The van der Waals surface area contributed by atoms with Crippen molar-refractivity contribution >= 4 is 33.9 Å². The maximum absolute atomic E-state index is 4.24. The zero-order valence-electron chi connectivity index (χ0n) is 11.0. The molecule has 2 nitrogen and oxygen atoms in total. The van der Waals surface area contributed by atoms with Crippen LogP contribution < -0.4 is 0 Å². The first-order valence-electron chi connectivity index (χ1n) is 7.05. The lowest BCUT2D eigenvalue weighted by molar-refractivity contribution is 0.305. The fourth-order valence-corrected chi connectivity index (χ4v) is 5.17. The predicted octanol–water partition coefficient (Wildman–Crippen LogP) is 5.11. The Bertz CT molecular complexity index is 500. The van der Waals surface area contributed by atoms with Crippen molar-refractivity contribution in [1.29, 1.82) is 0 Å². The van der Waals surface area contributed by atoms with Gasteiger partial charge in [-0.25, -0.2) is 4.98 Å². The van der Waals surface area contributed by atoms with Gasteiger partial charge in [-0.15, -0.1) is 11.3 Å². The Morgan fingerprint density at radius 3 is 2.84 bits per heavy atom. The van der Waals surface area contributed by atoms with E-state index in [1.165, 1.54) is 47.0 Å². The number of imidazole rings is 1. The maximum atomic E-state index is 4.24. The molecule has 0 bridgehead atoms. The third-order valence-corrected chi connectivity index (χ3v) is 6.44. The van der Waals surface area contributed by atoms with Gasteiger partial charge in [0.25, 0.3) is 0 Å². The SMILES string of the molecule is Ic1ccsc1C(CC1CCCCC1)n1ccnc1. The third kappa shape index (κ3) is 3.21. The molecule has 0 saturated heterocycles. The van der Waals surface area contributed by atoms with Crippen molar-refractivity contribution in [2.45, 2.75) is 44.6 Å². The molecule has 2 heterocycles. The minimum Gasteiger partial charge on any atom is -0.329 e. The van der Waals surface area contributed by atoms with E-state index in [-0.39, 0.29) is 0 Å². The maximum Gasteiger partial charge on any atom is 0.0951 e. The molecule has 0 aromatic carbocycles. The van der Waals surface area contributed by atoms with Crippen LogP contribution in [0, 0.1) is 9.49 Å². The van der Waals surface area contributed by atoms with Crippen molar-refractivity contribution in [3.05, 3.63) is 38.6 Å². The highest BCUT2D eigenvalue weighted by atomic mass is 127. The van der Waals surface area contributed by atoms with Crippen LogP contribution >= 0.6 is 33.9 Å². The van der Waals surface area contributed by atoms with Crippen LogP contribution in [0.5, 0.6) is 0 Å². The Kier molecular flexibility index (Phi) is 4.58. The van der Waals surface area contributed by atoms with Crippen LogP contribution in [-0.4, -0.2) is 9.55 Å². The van der Waals surface area contributed by atoms with Gasteiger partial charge >= 0.3 is 0 Å². The van der Waals surface area contributed by atoms with Crippen molar-refractivity contribution in [2.24, 2.45) is 5.92 Å². The molecular weight excluding hydrogens is 367 g/mol. The van der Waals surface area contributed by atoms with E-state index < -0.39 is 0 Å². The molecular formula is C15H19IN2S. The molecule has 1 aliphatic rings. The van der Waals surface area contributed by atoms with Crippen LogP contribution in [0.2, 0.25) is 0 Å². The molecule has 0 amide bonds. The summed E-state index contributed by atoms with van der Waals surface area (Å²) in [6.07, 6.45) is 14.3. The van der Waals surface area contributed by atoms with E-state index in [0.717, 1.165) is 5.92 Å². The van der Waals surface area contributed by atoms with Crippen LogP contribution in [-0.2, 0) is 0 Å². The van der Waals surface area contributed by atoms with Crippen molar-refractivity contribution in [2.75, 3.05) is 0 Å². The molecule has 0 spiro atoms. The molecule has 19 heavy (non-hydrogen) atoms. The number of hydrogen-bond acceptors (Lipinski definition) is 2. The van der Waals surface area contributed by atoms with E-state index in [1.54, 1.807) is 0 Å². The molecule has 0 aliphatic heterocycles. The highest BCUT2D eigenvalue weighted by molar-refractivity contribution is 14.1. The lowest BCUT2D eigenvalue weighted by Crippen LogP contribution is -2.16. The zero-order valence-corrected chi connectivity index (χ0v) is 13.9. The zero-order chi connectivity index (χ0) is 13.1. The van der Waals surface area contributed by atoms with Gasteiger partial charge in [-0.05, 0) is 46.4 Å². The summed E-state index contributed by atoms with van der Waals surface area (Å²) in [4.78, 5) is 5.74. The van der Waals surface area contributed by atoms with Crippen molar-refractivity contribution in [1.82, 2.24) is 9.55 Å². The quantitative estimate of drug-likeness (QED) is 0.668. The fraction of sp³-hybridized carbons (Fsp3) is 0.533. The van der Waals surface area contributed by atoms with Gasteiger partial charge in [0.05, 0.1) is 12.4 Å². The largest absolute Gasteiger partial charge is 0.329 e. The first kappa shape index (κ1) is 13.6. The Labute approximate surface area is 132 Å². The van der Waals surface area contributed by atoms with Gasteiger partial charge in [0.15, 0.2) is 0 Å². The van der Waals surface area contributed by atoms with Gasteiger partial charge < -0.3 is 4.57 Å². The van der Waals surface area contributed by atoms with Crippen LogP contribution in [0.25, 0.3) is 0 Å². The summed E-state index contributed by atoms with van der Waals surface area (Å²) < 4.78 is 3.69. The second kappa shape index (κ2) is 6.39. The average molecular weight is 386 g/mol. The number of thiophene rings is 1. The number of halogens is 1. The average Bonchev–Trinajstić information content (AvgIpc) is 3.09. The third-order valence-electron chi connectivity index (χ3n) is 4.11. The molecule has 2 aromatic rings. The fourth-order valence-electron chi connectivity index (χ4n) is 3.10. The van der Waals surface area contributed by atoms with Crippen LogP contribution in [0.15, 0.2) is 30.2 Å². The molecule has 0 radical (unpaired) electrons. The summed E-state index contributed by atoms with van der Waals surface area (Å²) in [5, 5.41) is 2.21. The smallest absolute Gasteiger partial charge is 0.0951 e. The standard InChI is InChI=1S/C15H19IN2S/c16-13-6-9-19-15(13)14(18-8-7-17-11-18)10-12-4-2-1-3-5-12/h6-9,11-12,14H,1-5,10H2. The Morgan fingerprint density at radius 1 is 1.37 bits per heavy atom. The van der Waals surface area contributed by atoms with Crippen LogP contribution in [0.3, 0.4) is 0 Å². The number of aromatic nitrogens is 2. The molecule has 3 rings (SSSR count). The molecule has 1 fully saturated rings. The molecule has 1 saturated carbocycles. The van der Waals surface area contributed by atoms with Crippen molar-refractivity contribution in [3.63, 3.8) is 0 Å². The Balaban J connectivity index is 1.82. The van der Waals surface area contributed by atoms with E-state index in [1.807, 2.05) is 23.9 Å². The topological polar surface area (TPSA) is 17.8 Å². The monoisotopic (exact) mass is 386 g/mol. The molecule has 1 atom stereocenters. The van der Waals surface area contributed by atoms with Gasteiger partial charge in [-0.3, -0.25) is 0 Å². The van der Waals surface area contributed by atoms with Crippen LogP contribution in [0.4, 0.5) is 0 Å². The predicted molar refractivity (Wildman–Crippen MR) is 88.6 cm³/mol. The van der Waals surface area contributed by atoms with Crippen LogP contribution in [0.1, 0.15) is 49.4 Å². The Morgan fingerprint density at radius 2 is 2.21 bits per heavy atom. The molecule has 102 valence electrons. The van der Waals surface area contributed by atoms with E-state index >= 15 is 0 Å². The summed E-state index contributed by atoms with van der Waals surface area (Å²) in [6.45, 7) is 0. The first-order chi connectivity index (χ1) is 9.34. The molecule has 0 N–H and O–H groups in total. The van der Waals surface area contributed by atoms with Crippen molar-refractivity contribution in [3.8, 4) is 0 Å². The van der Waals surface area contributed by atoms with Crippen molar-refractivity contribution < 1.29 is 0 Å². The lowest BCUT2D eigenvalue weighted by Gasteiger charge is -2.27. The highest BCUT2D eigenvalue weighted by Gasteiger charge is 2.23. The van der Waals surface area contributed by atoms with E-state index in [2.05, 4.69) is 49.8 Å². The molecule has 2 aromatic heterocycles. The van der Waals surface area contributed by atoms with Gasteiger partial charge in [0, 0.05) is 20.8 Å². The Hall–Kier alpha value is -0.360. The van der Waals surface area contributed by atoms with Gasteiger partial charge in [-0.1, -0.05) is 32.1 Å².